The van der Waals surface area contributed by atoms with Crippen molar-refractivity contribution < 1.29 is 28.7 Å². The summed E-state index contributed by atoms with van der Waals surface area (Å²) in [6.07, 6.45) is 0.524. The lowest BCUT2D eigenvalue weighted by atomic mass is 10.1. The summed E-state index contributed by atoms with van der Waals surface area (Å²) in [4.78, 5) is 23.2. The number of hydrogen-bond donors (Lipinski definition) is 1. The lowest BCUT2D eigenvalue weighted by Crippen LogP contribution is -2.26. The molecule has 0 aliphatic carbocycles. The van der Waals surface area contributed by atoms with E-state index < -0.39 is 10.8 Å². The van der Waals surface area contributed by atoms with Crippen molar-refractivity contribution in [1.82, 2.24) is 5.32 Å². The van der Waals surface area contributed by atoms with Crippen LogP contribution in [0.4, 0.5) is 5.69 Å². The third kappa shape index (κ3) is 4.68. The van der Waals surface area contributed by atoms with Gasteiger partial charge in [0.15, 0.2) is 23.0 Å². The minimum absolute atomic E-state index is 0.0303. The molecule has 9 nitrogen and oxygen atoms in total. The van der Waals surface area contributed by atoms with Gasteiger partial charge in [0.1, 0.15) is 5.56 Å². The highest BCUT2D eigenvalue weighted by molar-refractivity contribution is 5.99. The van der Waals surface area contributed by atoms with Crippen LogP contribution in [0.2, 0.25) is 0 Å². The molecule has 0 bridgehead atoms. The van der Waals surface area contributed by atoms with Gasteiger partial charge in [-0.3, -0.25) is 14.9 Å². The molecule has 154 valence electrons. The van der Waals surface area contributed by atoms with Crippen molar-refractivity contribution in [2.75, 3.05) is 26.6 Å². The smallest absolute Gasteiger partial charge is 0.286 e. The molecular weight excluding hydrogens is 380 g/mol. The fourth-order valence-electron chi connectivity index (χ4n) is 2.93. The van der Waals surface area contributed by atoms with Gasteiger partial charge in [0.25, 0.3) is 11.6 Å². The van der Waals surface area contributed by atoms with Crippen LogP contribution in [0.3, 0.4) is 0 Å². The molecular formula is C20H22N2O7. The van der Waals surface area contributed by atoms with E-state index in [0.29, 0.717) is 43.4 Å². The lowest BCUT2D eigenvalue weighted by molar-refractivity contribution is -0.385. The molecule has 0 spiro atoms. The number of hydrogen-bond acceptors (Lipinski definition) is 7. The van der Waals surface area contributed by atoms with Crippen molar-refractivity contribution in [3.63, 3.8) is 0 Å². The van der Waals surface area contributed by atoms with Crippen LogP contribution in [-0.4, -0.2) is 37.4 Å². The number of nitrogens with one attached hydrogen (secondary N) is 1. The monoisotopic (exact) mass is 402 g/mol. The average Bonchev–Trinajstić information content (AvgIpc) is 3.16. The van der Waals surface area contributed by atoms with Gasteiger partial charge in [-0.05, 0) is 38.0 Å². The van der Waals surface area contributed by atoms with Gasteiger partial charge >= 0.3 is 0 Å². The van der Waals surface area contributed by atoms with Crippen LogP contribution in [0.1, 0.15) is 29.8 Å². The Kier molecular flexibility index (Phi) is 6.38. The van der Waals surface area contributed by atoms with Crippen LogP contribution in [0.25, 0.3) is 0 Å². The van der Waals surface area contributed by atoms with E-state index in [1.54, 1.807) is 0 Å². The fraction of sp³-hybridized carbons (Fsp3) is 0.350. The number of benzene rings is 2. The van der Waals surface area contributed by atoms with Gasteiger partial charge in [0, 0.05) is 12.6 Å². The summed E-state index contributed by atoms with van der Waals surface area (Å²) in [6.45, 7) is 5.09. The Morgan fingerprint density at radius 3 is 2.48 bits per heavy atom. The quantitative estimate of drug-likeness (QED) is 0.507. The van der Waals surface area contributed by atoms with Crippen LogP contribution < -0.4 is 24.3 Å². The molecule has 0 saturated carbocycles. The Hall–Kier alpha value is -3.49. The topological polar surface area (TPSA) is 109 Å². The first kappa shape index (κ1) is 20.2. The number of fused-ring (bicyclic) bond motifs is 1. The lowest BCUT2D eigenvalue weighted by Gasteiger charge is -2.12. The number of ether oxygens (including phenoxy) is 4. The van der Waals surface area contributed by atoms with Crippen LogP contribution in [0.5, 0.6) is 23.0 Å². The maximum Gasteiger partial charge on any atom is 0.286 e. The second kappa shape index (κ2) is 9.13. The number of carbonyl (C=O) groups is 1. The number of rotatable bonds is 9. The molecule has 0 unspecified atom stereocenters. The van der Waals surface area contributed by atoms with Gasteiger partial charge in [0.2, 0.25) is 6.79 Å². The van der Waals surface area contributed by atoms with Crippen molar-refractivity contribution in [3.05, 3.63) is 51.6 Å². The normalized spacial score (nSPS) is 11.8. The van der Waals surface area contributed by atoms with Gasteiger partial charge in [-0.2, -0.15) is 0 Å². The third-order valence-corrected chi connectivity index (χ3v) is 4.24. The Bertz CT molecular complexity index is 914. The molecule has 1 aliphatic rings. The first-order valence-corrected chi connectivity index (χ1v) is 9.28. The largest absolute Gasteiger partial charge is 0.490 e. The SMILES string of the molecule is CCOc1ccc(CCNC(=O)c2cc3c(cc2[N+](=O)[O-])OCO3)cc1OCC. The molecule has 2 aromatic carbocycles. The van der Waals surface area contributed by atoms with E-state index in [-0.39, 0.29) is 23.8 Å². The van der Waals surface area contributed by atoms with Crippen molar-refractivity contribution in [2.45, 2.75) is 20.3 Å². The summed E-state index contributed by atoms with van der Waals surface area (Å²) in [5.74, 6) is 1.33. The minimum atomic E-state index is -0.613. The summed E-state index contributed by atoms with van der Waals surface area (Å²) in [6, 6.07) is 8.12. The molecule has 2 aromatic rings. The molecule has 29 heavy (non-hydrogen) atoms. The van der Waals surface area contributed by atoms with Crippen LogP contribution in [0, 0.1) is 10.1 Å². The zero-order chi connectivity index (χ0) is 20.8. The van der Waals surface area contributed by atoms with E-state index in [1.165, 1.54) is 12.1 Å². The standard InChI is InChI=1S/C20H22N2O7/c1-3-26-16-6-5-13(9-17(16)27-4-2)7-8-21-20(23)14-10-18-19(29-12-28-18)11-15(14)22(24)25/h5-6,9-11H,3-4,7-8,12H2,1-2H3,(H,21,23). The molecule has 1 heterocycles. The minimum Gasteiger partial charge on any atom is -0.490 e. The maximum atomic E-state index is 12.5. The Morgan fingerprint density at radius 1 is 1.10 bits per heavy atom. The number of nitro benzene ring substituents is 1. The highest BCUT2D eigenvalue weighted by atomic mass is 16.7. The predicted molar refractivity (Wildman–Crippen MR) is 104 cm³/mol. The Balaban J connectivity index is 1.67. The molecule has 9 heteroatoms. The van der Waals surface area contributed by atoms with E-state index in [2.05, 4.69) is 5.32 Å². The van der Waals surface area contributed by atoms with Crippen molar-refractivity contribution in [2.24, 2.45) is 0 Å². The van der Waals surface area contributed by atoms with Crippen molar-refractivity contribution in [3.8, 4) is 23.0 Å². The van der Waals surface area contributed by atoms with E-state index in [0.717, 1.165) is 5.56 Å². The zero-order valence-corrected chi connectivity index (χ0v) is 16.2. The number of carbonyl (C=O) groups excluding carboxylic acids is 1. The third-order valence-electron chi connectivity index (χ3n) is 4.24. The molecule has 0 radical (unpaired) electrons. The second-order valence-electron chi connectivity index (χ2n) is 6.13. The average molecular weight is 402 g/mol. The van der Waals surface area contributed by atoms with Gasteiger partial charge in [0.05, 0.1) is 24.2 Å². The molecule has 0 atom stereocenters. The van der Waals surface area contributed by atoms with E-state index >= 15 is 0 Å². The Morgan fingerprint density at radius 2 is 1.79 bits per heavy atom. The first-order chi connectivity index (χ1) is 14.0. The number of nitrogens with zero attached hydrogens (tertiary/aromatic N) is 1. The highest BCUT2D eigenvalue weighted by Crippen LogP contribution is 2.37. The van der Waals surface area contributed by atoms with E-state index in [4.69, 9.17) is 18.9 Å². The summed E-state index contributed by atoms with van der Waals surface area (Å²) >= 11 is 0. The summed E-state index contributed by atoms with van der Waals surface area (Å²) in [5.41, 5.74) is 0.546. The maximum absolute atomic E-state index is 12.5. The van der Waals surface area contributed by atoms with Crippen LogP contribution in [-0.2, 0) is 6.42 Å². The van der Waals surface area contributed by atoms with Gasteiger partial charge in [-0.15, -0.1) is 0 Å². The first-order valence-electron chi connectivity index (χ1n) is 9.28. The fourth-order valence-corrected chi connectivity index (χ4v) is 2.93. The predicted octanol–water partition coefficient (Wildman–Crippen LogP) is 3.09. The zero-order valence-electron chi connectivity index (χ0n) is 16.2. The molecule has 0 aromatic heterocycles. The van der Waals surface area contributed by atoms with Crippen molar-refractivity contribution in [1.29, 1.82) is 0 Å². The molecule has 1 amide bonds. The van der Waals surface area contributed by atoms with E-state index in [1.807, 2.05) is 32.0 Å². The molecule has 3 rings (SSSR count). The summed E-state index contributed by atoms with van der Waals surface area (Å²) in [5, 5.41) is 14.0. The van der Waals surface area contributed by atoms with Gasteiger partial charge in [-0.25, -0.2) is 0 Å². The van der Waals surface area contributed by atoms with Crippen LogP contribution >= 0.6 is 0 Å². The number of amides is 1. The molecule has 1 N–H and O–H groups in total. The summed E-state index contributed by atoms with van der Waals surface area (Å²) in [7, 11) is 0. The summed E-state index contributed by atoms with van der Waals surface area (Å²) < 4.78 is 21.5. The van der Waals surface area contributed by atoms with Gasteiger partial charge < -0.3 is 24.3 Å². The highest BCUT2D eigenvalue weighted by Gasteiger charge is 2.27. The molecule has 1 aliphatic heterocycles. The second-order valence-corrected chi connectivity index (χ2v) is 6.13. The number of nitro groups is 1. The molecule has 0 fully saturated rings. The van der Waals surface area contributed by atoms with Gasteiger partial charge in [-0.1, -0.05) is 6.07 Å². The van der Waals surface area contributed by atoms with E-state index in [9.17, 15) is 14.9 Å². The Labute approximate surface area is 167 Å². The van der Waals surface area contributed by atoms with Crippen molar-refractivity contribution >= 4 is 11.6 Å². The molecule has 0 saturated heterocycles. The van der Waals surface area contributed by atoms with Crippen LogP contribution in [0.15, 0.2) is 30.3 Å².